The third kappa shape index (κ3) is 5.07. The SMILES string of the molecule is C[C@@H](NC(=O)CSc1ccc([N+](=O)[O-])cc1)c1ccccc1Br. The second-order valence-corrected chi connectivity index (χ2v) is 6.75. The maximum atomic E-state index is 12.0. The van der Waals surface area contributed by atoms with Crippen molar-refractivity contribution in [3.05, 3.63) is 68.7 Å². The van der Waals surface area contributed by atoms with Crippen LogP contribution in [0.25, 0.3) is 0 Å². The van der Waals surface area contributed by atoms with Crippen molar-refractivity contribution in [1.82, 2.24) is 5.32 Å². The molecule has 5 nitrogen and oxygen atoms in total. The molecule has 2 rings (SSSR count). The molecule has 0 spiro atoms. The first-order valence-electron chi connectivity index (χ1n) is 6.88. The van der Waals surface area contributed by atoms with Gasteiger partial charge in [-0.25, -0.2) is 0 Å². The minimum Gasteiger partial charge on any atom is -0.349 e. The molecule has 1 amide bonds. The monoisotopic (exact) mass is 394 g/mol. The van der Waals surface area contributed by atoms with Gasteiger partial charge in [0.05, 0.1) is 16.7 Å². The summed E-state index contributed by atoms with van der Waals surface area (Å²) in [5.74, 6) is 0.170. The van der Waals surface area contributed by atoms with E-state index < -0.39 is 4.92 Å². The van der Waals surface area contributed by atoms with Gasteiger partial charge in [-0.2, -0.15) is 0 Å². The van der Waals surface area contributed by atoms with Gasteiger partial charge in [-0.15, -0.1) is 11.8 Å². The smallest absolute Gasteiger partial charge is 0.269 e. The van der Waals surface area contributed by atoms with Crippen LogP contribution in [0.15, 0.2) is 57.9 Å². The molecule has 0 saturated carbocycles. The van der Waals surface area contributed by atoms with E-state index in [9.17, 15) is 14.9 Å². The number of non-ortho nitro benzene ring substituents is 1. The molecule has 0 fully saturated rings. The molecule has 0 unspecified atom stereocenters. The molecule has 0 aliphatic carbocycles. The summed E-state index contributed by atoms with van der Waals surface area (Å²) in [6.07, 6.45) is 0. The number of nitro benzene ring substituents is 1. The van der Waals surface area contributed by atoms with E-state index in [1.807, 2.05) is 31.2 Å². The van der Waals surface area contributed by atoms with Gasteiger partial charge >= 0.3 is 0 Å². The lowest BCUT2D eigenvalue weighted by molar-refractivity contribution is -0.384. The van der Waals surface area contributed by atoms with Gasteiger partial charge in [0, 0.05) is 21.5 Å². The van der Waals surface area contributed by atoms with Gasteiger partial charge in [-0.1, -0.05) is 34.1 Å². The van der Waals surface area contributed by atoms with Gasteiger partial charge in [-0.3, -0.25) is 14.9 Å². The molecule has 0 saturated heterocycles. The Hall–Kier alpha value is -1.86. The molecule has 7 heteroatoms. The minimum absolute atomic E-state index is 0.0429. The fourth-order valence-electron chi connectivity index (χ4n) is 2.00. The summed E-state index contributed by atoms with van der Waals surface area (Å²) in [5, 5.41) is 13.5. The standard InChI is InChI=1S/C16H15BrN2O3S/c1-11(14-4-2-3-5-15(14)17)18-16(20)10-23-13-8-6-12(7-9-13)19(21)22/h2-9,11H,10H2,1H3,(H,18,20)/t11-/m1/s1. The van der Waals surface area contributed by atoms with E-state index in [4.69, 9.17) is 0 Å². The molecule has 0 radical (unpaired) electrons. The van der Waals surface area contributed by atoms with Crippen LogP contribution in [0.3, 0.4) is 0 Å². The Balaban J connectivity index is 1.87. The molecular weight excluding hydrogens is 380 g/mol. The van der Waals surface area contributed by atoms with Crippen molar-refractivity contribution < 1.29 is 9.72 Å². The van der Waals surface area contributed by atoms with Gasteiger partial charge in [0.15, 0.2) is 0 Å². The highest BCUT2D eigenvalue weighted by Gasteiger charge is 2.12. The van der Waals surface area contributed by atoms with Crippen LogP contribution >= 0.6 is 27.7 Å². The number of hydrogen-bond donors (Lipinski definition) is 1. The molecule has 120 valence electrons. The Morgan fingerprint density at radius 1 is 1.26 bits per heavy atom. The van der Waals surface area contributed by atoms with Crippen molar-refractivity contribution in [2.75, 3.05) is 5.75 Å². The number of hydrogen-bond acceptors (Lipinski definition) is 4. The zero-order valence-corrected chi connectivity index (χ0v) is 14.8. The van der Waals surface area contributed by atoms with Crippen LogP contribution < -0.4 is 5.32 Å². The third-order valence-electron chi connectivity index (χ3n) is 3.17. The van der Waals surface area contributed by atoms with Crippen LogP contribution in [-0.2, 0) is 4.79 Å². The first-order chi connectivity index (χ1) is 11.0. The zero-order chi connectivity index (χ0) is 16.8. The number of nitrogens with one attached hydrogen (secondary N) is 1. The fourth-order valence-corrected chi connectivity index (χ4v) is 3.34. The van der Waals surface area contributed by atoms with Crippen LogP contribution in [0.1, 0.15) is 18.5 Å². The molecule has 0 bridgehead atoms. The lowest BCUT2D eigenvalue weighted by Gasteiger charge is -2.15. The zero-order valence-electron chi connectivity index (χ0n) is 12.4. The molecule has 0 aliphatic rings. The Labute approximate surface area is 146 Å². The summed E-state index contributed by atoms with van der Waals surface area (Å²) in [4.78, 5) is 23.0. The van der Waals surface area contributed by atoms with E-state index in [2.05, 4.69) is 21.2 Å². The normalized spacial score (nSPS) is 11.7. The maximum absolute atomic E-state index is 12.0. The molecule has 0 aliphatic heterocycles. The number of nitrogens with zero attached hydrogens (tertiary/aromatic N) is 1. The molecule has 2 aromatic rings. The highest BCUT2D eigenvalue weighted by atomic mass is 79.9. The summed E-state index contributed by atoms with van der Waals surface area (Å²) in [5.41, 5.74) is 1.06. The number of rotatable bonds is 6. The minimum atomic E-state index is -0.444. The summed E-state index contributed by atoms with van der Waals surface area (Å²) < 4.78 is 0.954. The predicted octanol–water partition coefficient (Wildman–Crippen LogP) is 4.33. The average Bonchev–Trinajstić information content (AvgIpc) is 2.53. The first kappa shape index (κ1) is 17.5. The van der Waals surface area contributed by atoms with E-state index >= 15 is 0 Å². The lowest BCUT2D eigenvalue weighted by Crippen LogP contribution is -2.28. The number of carbonyl (C=O) groups excluding carboxylic acids is 1. The Bertz CT molecular complexity index is 707. The molecule has 1 atom stereocenters. The van der Waals surface area contributed by atoms with Crippen LogP contribution in [0.5, 0.6) is 0 Å². The Morgan fingerprint density at radius 2 is 1.91 bits per heavy atom. The number of carbonyl (C=O) groups is 1. The summed E-state index contributed by atoms with van der Waals surface area (Å²) in [6, 6.07) is 13.8. The molecule has 2 aromatic carbocycles. The number of halogens is 1. The molecule has 23 heavy (non-hydrogen) atoms. The summed E-state index contributed by atoms with van der Waals surface area (Å²) >= 11 is 4.81. The van der Waals surface area contributed by atoms with Gasteiger partial charge in [0.25, 0.3) is 5.69 Å². The predicted molar refractivity (Wildman–Crippen MR) is 94.5 cm³/mol. The third-order valence-corrected chi connectivity index (χ3v) is 4.90. The van der Waals surface area contributed by atoms with Crippen molar-refractivity contribution in [2.24, 2.45) is 0 Å². The van der Waals surface area contributed by atoms with Gasteiger partial charge < -0.3 is 5.32 Å². The van der Waals surface area contributed by atoms with E-state index in [0.29, 0.717) is 0 Å². The Morgan fingerprint density at radius 3 is 2.52 bits per heavy atom. The second-order valence-electron chi connectivity index (χ2n) is 4.85. The molecular formula is C16H15BrN2O3S. The van der Waals surface area contributed by atoms with Crippen LogP contribution in [0.2, 0.25) is 0 Å². The van der Waals surface area contributed by atoms with Gasteiger partial charge in [0.2, 0.25) is 5.91 Å². The topological polar surface area (TPSA) is 72.2 Å². The summed E-state index contributed by atoms with van der Waals surface area (Å²) in [6.45, 7) is 1.93. The Kier molecular flexibility index (Phi) is 6.18. The summed E-state index contributed by atoms with van der Waals surface area (Å²) in [7, 11) is 0. The largest absolute Gasteiger partial charge is 0.349 e. The average molecular weight is 395 g/mol. The van der Waals surface area contributed by atoms with Crippen molar-refractivity contribution in [2.45, 2.75) is 17.9 Å². The first-order valence-corrected chi connectivity index (χ1v) is 8.66. The van der Waals surface area contributed by atoms with Crippen LogP contribution in [-0.4, -0.2) is 16.6 Å². The van der Waals surface area contributed by atoms with Gasteiger partial charge in [-0.05, 0) is 30.7 Å². The lowest BCUT2D eigenvalue weighted by atomic mass is 10.1. The molecule has 1 N–H and O–H groups in total. The van der Waals surface area contributed by atoms with Crippen molar-refractivity contribution in [3.63, 3.8) is 0 Å². The molecule has 0 heterocycles. The number of benzene rings is 2. The highest BCUT2D eigenvalue weighted by Crippen LogP contribution is 2.24. The number of amides is 1. The van der Waals surface area contributed by atoms with E-state index in [0.717, 1.165) is 14.9 Å². The fraction of sp³-hybridized carbons (Fsp3) is 0.188. The number of thioether (sulfide) groups is 1. The van der Waals surface area contributed by atoms with Crippen molar-refractivity contribution >= 4 is 39.3 Å². The maximum Gasteiger partial charge on any atom is 0.269 e. The van der Waals surface area contributed by atoms with Crippen LogP contribution in [0, 0.1) is 10.1 Å². The molecule has 0 aromatic heterocycles. The quantitative estimate of drug-likeness (QED) is 0.449. The van der Waals surface area contributed by atoms with E-state index in [-0.39, 0.29) is 23.4 Å². The second kappa shape index (κ2) is 8.12. The van der Waals surface area contributed by atoms with Gasteiger partial charge in [0.1, 0.15) is 0 Å². The van der Waals surface area contributed by atoms with Crippen LogP contribution in [0.4, 0.5) is 5.69 Å². The van der Waals surface area contributed by atoms with Crippen molar-refractivity contribution in [3.8, 4) is 0 Å². The number of nitro groups is 1. The van der Waals surface area contributed by atoms with E-state index in [1.165, 1.54) is 23.9 Å². The van der Waals surface area contributed by atoms with Crippen molar-refractivity contribution in [1.29, 1.82) is 0 Å². The highest BCUT2D eigenvalue weighted by molar-refractivity contribution is 9.10. The van der Waals surface area contributed by atoms with E-state index in [1.54, 1.807) is 12.1 Å².